The molecule has 0 spiro atoms. The van der Waals surface area contributed by atoms with Gasteiger partial charge in [0.1, 0.15) is 0 Å². The minimum atomic E-state index is 0.357. The van der Waals surface area contributed by atoms with Gasteiger partial charge in [0, 0.05) is 39.9 Å². The molecule has 0 atom stereocenters. The highest BCUT2D eigenvalue weighted by Crippen LogP contribution is 2.41. The summed E-state index contributed by atoms with van der Waals surface area (Å²) in [4.78, 5) is 7.29. The van der Waals surface area contributed by atoms with Crippen molar-refractivity contribution in [2.24, 2.45) is 10.4 Å². The van der Waals surface area contributed by atoms with Crippen molar-refractivity contribution in [3.63, 3.8) is 0 Å². The van der Waals surface area contributed by atoms with Crippen molar-refractivity contribution in [1.29, 1.82) is 0 Å². The number of nitrogens with zero attached hydrogens (tertiary/aromatic N) is 2. The van der Waals surface area contributed by atoms with Crippen LogP contribution in [0.25, 0.3) is 0 Å². The minimum absolute atomic E-state index is 0.357. The SMILES string of the molecule is CCCCN(C)CCNC(=NCC1(CCOC)CCCC1)NCC. The van der Waals surface area contributed by atoms with Crippen molar-refractivity contribution in [2.75, 3.05) is 53.5 Å². The van der Waals surface area contributed by atoms with Crippen molar-refractivity contribution in [2.45, 2.75) is 58.8 Å². The first kappa shape index (κ1) is 21.2. The lowest BCUT2D eigenvalue weighted by Crippen LogP contribution is -2.41. The van der Waals surface area contributed by atoms with E-state index < -0.39 is 0 Å². The van der Waals surface area contributed by atoms with Crippen molar-refractivity contribution in [3.05, 3.63) is 0 Å². The summed E-state index contributed by atoms with van der Waals surface area (Å²) in [5, 5.41) is 6.88. The smallest absolute Gasteiger partial charge is 0.191 e. The fourth-order valence-corrected chi connectivity index (χ4v) is 3.42. The van der Waals surface area contributed by atoms with Crippen molar-refractivity contribution in [3.8, 4) is 0 Å². The molecule has 24 heavy (non-hydrogen) atoms. The van der Waals surface area contributed by atoms with Crippen LogP contribution in [0.2, 0.25) is 0 Å². The van der Waals surface area contributed by atoms with Crippen LogP contribution in [0.1, 0.15) is 58.8 Å². The van der Waals surface area contributed by atoms with E-state index in [9.17, 15) is 0 Å². The number of guanidine groups is 1. The molecule has 1 fully saturated rings. The number of ether oxygens (including phenoxy) is 1. The Balaban J connectivity index is 2.45. The maximum Gasteiger partial charge on any atom is 0.191 e. The van der Waals surface area contributed by atoms with Crippen LogP contribution < -0.4 is 10.6 Å². The maximum absolute atomic E-state index is 5.32. The van der Waals surface area contributed by atoms with E-state index in [2.05, 4.69) is 36.4 Å². The summed E-state index contributed by atoms with van der Waals surface area (Å²) in [7, 11) is 3.99. The first-order valence-corrected chi connectivity index (χ1v) is 9.85. The molecule has 1 rings (SSSR count). The molecule has 0 aromatic rings. The Morgan fingerprint density at radius 1 is 1.17 bits per heavy atom. The molecule has 0 radical (unpaired) electrons. The fraction of sp³-hybridized carbons (Fsp3) is 0.947. The second-order valence-corrected chi connectivity index (χ2v) is 7.23. The maximum atomic E-state index is 5.32. The Labute approximate surface area is 149 Å². The predicted molar refractivity (Wildman–Crippen MR) is 104 cm³/mol. The van der Waals surface area contributed by atoms with Crippen molar-refractivity contribution >= 4 is 5.96 Å². The van der Waals surface area contributed by atoms with Crippen LogP contribution in [0, 0.1) is 5.41 Å². The molecule has 0 aliphatic heterocycles. The van der Waals surface area contributed by atoms with Crippen LogP contribution in [0.15, 0.2) is 4.99 Å². The van der Waals surface area contributed by atoms with Gasteiger partial charge < -0.3 is 20.3 Å². The topological polar surface area (TPSA) is 48.9 Å². The van der Waals surface area contributed by atoms with E-state index >= 15 is 0 Å². The number of hydrogen-bond donors (Lipinski definition) is 2. The highest BCUT2D eigenvalue weighted by molar-refractivity contribution is 5.79. The Morgan fingerprint density at radius 3 is 2.54 bits per heavy atom. The third-order valence-electron chi connectivity index (χ3n) is 5.10. The number of rotatable bonds is 12. The van der Waals surface area contributed by atoms with Gasteiger partial charge in [0.25, 0.3) is 0 Å². The zero-order chi connectivity index (χ0) is 17.7. The zero-order valence-corrected chi connectivity index (χ0v) is 16.5. The van der Waals surface area contributed by atoms with Gasteiger partial charge in [0.2, 0.25) is 0 Å². The summed E-state index contributed by atoms with van der Waals surface area (Å²) in [5.74, 6) is 0.963. The monoisotopic (exact) mass is 340 g/mol. The third kappa shape index (κ3) is 8.34. The molecule has 0 aromatic carbocycles. The number of methoxy groups -OCH3 is 1. The Bertz CT molecular complexity index is 340. The highest BCUT2D eigenvalue weighted by Gasteiger charge is 2.33. The van der Waals surface area contributed by atoms with Gasteiger partial charge >= 0.3 is 0 Å². The van der Waals surface area contributed by atoms with Gasteiger partial charge in [0.05, 0.1) is 0 Å². The van der Waals surface area contributed by atoms with Gasteiger partial charge in [-0.3, -0.25) is 4.99 Å². The molecule has 0 amide bonds. The molecule has 0 saturated heterocycles. The summed E-state index contributed by atoms with van der Waals surface area (Å²) in [6, 6.07) is 0. The molecule has 1 aliphatic rings. The number of unbranched alkanes of at least 4 members (excludes halogenated alkanes) is 1. The molecule has 2 N–H and O–H groups in total. The summed E-state index contributed by atoms with van der Waals surface area (Å²) in [6.45, 7) is 10.2. The number of aliphatic imine (C=N–C) groups is 1. The Morgan fingerprint density at radius 2 is 1.92 bits per heavy atom. The van der Waals surface area contributed by atoms with Gasteiger partial charge in [-0.2, -0.15) is 0 Å². The molecule has 0 bridgehead atoms. The molecule has 142 valence electrons. The standard InChI is InChI=1S/C19H40N4O/c1-5-7-14-23(3)15-13-21-18(20-6-2)22-17-19(12-16-24-4)10-8-9-11-19/h5-17H2,1-4H3,(H2,20,21,22). The molecule has 0 aromatic heterocycles. The van der Waals surface area contributed by atoms with Crippen LogP contribution in [0.3, 0.4) is 0 Å². The highest BCUT2D eigenvalue weighted by atomic mass is 16.5. The van der Waals surface area contributed by atoms with Crippen LogP contribution in [0.4, 0.5) is 0 Å². The van der Waals surface area contributed by atoms with Crippen LogP contribution in [-0.2, 0) is 4.74 Å². The van der Waals surface area contributed by atoms with E-state index in [1.807, 2.05) is 0 Å². The summed E-state index contributed by atoms with van der Waals surface area (Å²) < 4.78 is 5.32. The van der Waals surface area contributed by atoms with Crippen LogP contribution in [-0.4, -0.2) is 64.3 Å². The predicted octanol–water partition coefficient (Wildman–Crippen LogP) is 2.87. The lowest BCUT2D eigenvalue weighted by Gasteiger charge is -2.27. The molecule has 1 saturated carbocycles. The normalized spacial score (nSPS) is 17.5. The van der Waals surface area contributed by atoms with Gasteiger partial charge in [-0.15, -0.1) is 0 Å². The lowest BCUT2D eigenvalue weighted by molar-refractivity contribution is 0.141. The van der Waals surface area contributed by atoms with Crippen molar-refractivity contribution in [1.82, 2.24) is 15.5 Å². The number of likely N-dealkylation sites (N-methyl/N-ethyl adjacent to an activating group) is 1. The first-order chi connectivity index (χ1) is 11.7. The Hall–Kier alpha value is -0.810. The van der Waals surface area contributed by atoms with Gasteiger partial charge in [-0.25, -0.2) is 0 Å². The van der Waals surface area contributed by atoms with E-state index in [1.54, 1.807) is 7.11 Å². The minimum Gasteiger partial charge on any atom is -0.385 e. The van der Waals surface area contributed by atoms with E-state index in [0.717, 1.165) is 45.2 Å². The molecule has 0 heterocycles. The summed E-state index contributed by atoms with van der Waals surface area (Å²) in [6.07, 6.45) is 8.92. The fourth-order valence-electron chi connectivity index (χ4n) is 3.42. The van der Waals surface area contributed by atoms with E-state index in [4.69, 9.17) is 9.73 Å². The molecule has 5 heteroatoms. The molecule has 0 unspecified atom stereocenters. The summed E-state index contributed by atoms with van der Waals surface area (Å²) >= 11 is 0. The largest absolute Gasteiger partial charge is 0.385 e. The van der Waals surface area contributed by atoms with Gasteiger partial charge in [0.15, 0.2) is 5.96 Å². The zero-order valence-electron chi connectivity index (χ0n) is 16.5. The number of nitrogens with one attached hydrogen (secondary N) is 2. The quantitative estimate of drug-likeness (QED) is 0.424. The number of hydrogen-bond acceptors (Lipinski definition) is 3. The second kappa shape index (κ2) is 12.5. The molecular formula is C19H40N4O. The van der Waals surface area contributed by atoms with Gasteiger partial charge in [-0.05, 0) is 51.6 Å². The third-order valence-corrected chi connectivity index (χ3v) is 5.10. The van der Waals surface area contributed by atoms with Gasteiger partial charge in [-0.1, -0.05) is 26.2 Å². The van der Waals surface area contributed by atoms with Crippen molar-refractivity contribution < 1.29 is 4.74 Å². The van der Waals surface area contributed by atoms with E-state index in [1.165, 1.54) is 45.1 Å². The van der Waals surface area contributed by atoms with E-state index in [0.29, 0.717) is 5.41 Å². The average molecular weight is 341 g/mol. The van der Waals surface area contributed by atoms with E-state index in [-0.39, 0.29) is 0 Å². The Kier molecular flexibility index (Phi) is 11.1. The lowest BCUT2D eigenvalue weighted by atomic mass is 9.83. The van der Waals surface area contributed by atoms with Crippen LogP contribution in [0.5, 0.6) is 0 Å². The second-order valence-electron chi connectivity index (χ2n) is 7.23. The van der Waals surface area contributed by atoms with Crippen LogP contribution >= 0.6 is 0 Å². The molecular weight excluding hydrogens is 300 g/mol. The first-order valence-electron chi connectivity index (χ1n) is 9.85. The average Bonchev–Trinajstić information content (AvgIpc) is 3.05. The molecule has 1 aliphatic carbocycles. The summed E-state index contributed by atoms with van der Waals surface area (Å²) in [5.41, 5.74) is 0.357. The molecule has 5 nitrogen and oxygen atoms in total.